The highest BCUT2D eigenvalue weighted by Crippen LogP contribution is 2.59. The number of aliphatic hydroxyl groups is 2. The predicted octanol–water partition coefficient (Wildman–Crippen LogP) is 5.39. The molecular formula is C36H46O8. The summed E-state index contributed by atoms with van der Waals surface area (Å²) in [6.07, 6.45) is 6.11. The molecule has 2 aliphatic rings. The fourth-order valence-electron chi connectivity index (χ4n) is 7.44. The minimum absolute atomic E-state index is 0.00116. The molecule has 6 unspecified atom stereocenters. The van der Waals surface area contributed by atoms with Gasteiger partial charge in [-0.1, -0.05) is 57.7 Å². The highest BCUT2D eigenvalue weighted by Gasteiger charge is 2.53. The van der Waals surface area contributed by atoms with E-state index in [1.165, 1.54) is 30.4 Å². The van der Waals surface area contributed by atoms with Crippen molar-refractivity contribution in [3.8, 4) is 11.5 Å². The van der Waals surface area contributed by atoms with E-state index < -0.39 is 24.1 Å². The molecule has 0 radical (unpaired) electrons. The maximum atomic E-state index is 11.3. The van der Waals surface area contributed by atoms with Crippen LogP contribution >= 0.6 is 0 Å². The van der Waals surface area contributed by atoms with Gasteiger partial charge in [-0.25, -0.2) is 9.59 Å². The van der Waals surface area contributed by atoms with E-state index in [-0.39, 0.29) is 31.8 Å². The lowest BCUT2D eigenvalue weighted by Gasteiger charge is -2.56. The Bertz CT molecular complexity index is 1170. The van der Waals surface area contributed by atoms with E-state index in [9.17, 15) is 19.8 Å². The number of hydrogen-bond donors (Lipinski definition) is 2. The molecule has 0 heterocycles. The zero-order valence-corrected chi connectivity index (χ0v) is 25.9. The Hall–Kier alpha value is -3.62. The molecule has 6 atom stereocenters. The molecule has 2 fully saturated rings. The number of carbonyl (C=O) groups excluding carboxylic acids is 2. The second kappa shape index (κ2) is 15.4. The Morgan fingerprint density at radius 3 is 1.70 bits per heavy atom. The lowest BCUT2D eigenvalue weighted by molar-refractivity contribution is -0.142. The van der Waals surface area contributed by atoms with Crippen LogP contribution in [0.5, 0.6) is 11.5 Å². The number of aliphatic hydroxyl groups excluding tert-OH is 2. The standard InChI is InChI=1S/C36H46O8/c1-5-26-18-25-16-24(4)17-29(19-25)36(26,27-8-12-32(13-9-27)41-20-30(37)22-43-34(39)6-2)28-10-14-33(15-11-28)42-21-31(38)23-44-35(40)7-3/h6-15,24-26,29-31,37-38H,2-3,5,16-23H2,1,4H3. The zero-order chi connectivity index (χ0) is 31.7. The molecule has 44 heavy (non-hydrogen) atoms. The number of fused-ring (bicyclic) bond motifs is 2. The van der Waals surface area contributed by atoms with Gasteiger partial charge in [-0.3, -0.25) is 0 Å². The van der Waals surface area contributed by atoms with E-state index in [0.29, 0.717) is 29.3 Å². The van der Waals surface area contributed by atoms with E-state index in [2.05, 4.69) is 51.3 Å². The second-order valence-electron chi connectivity index (χ2n) is 12.2. The van der Waals surface area contributed by atoms with Crippen molar-refractivity contribution in [3.63, 3.8) is 0 Å². The van der Waals surface area contributed by atoms with Gasteiger partial charge in [0.1, 0.15) is 50.1 Å². The van der Waals surface area contributed by atoms with Crippen LogP contribution < -0.4 is 9.47 Å². The highest BCUT2D eigenvalue weighted by atomic mass is 16.6. The predicted molar refractivity (Wildman–Crippen MR) is 167 cm³/mol. The molecule has 2 aromatic carbocycles. The number of hydrogen-bond acceptors (Lipinski definition) is 8. The van der Waals surface area contributed by atoms with Crippen LogP contribution in [0.4, 0.5) is 0 Å². The van der Waals surface area contributed by atoms with Gasteiger partial charge in [-0.15, -0.1) is 0 Å². The molecule has 0 aliphatic heterocycles. The average molecular weight is 607 g/mol. The lowest BCUT2D eigenvalue weighted by atomic mass is 9.47. The van der Waals surface area contributed by atoms with E-state index in [1.54, 1.807) is 0 Å². The third-order valence-electron chi connectivity index (χ3n) is 9.16. The summed E-state index contributed by atoms with van der Waals surface area (Å²) in [6.45, 7) is 11.1. The number of esters is 2. The fraction of sp³-hybridized carbons (Fsp3) is 0.500. The first kappa shape index (κ1) is 33.3. The van der Waals surface area contributed by atoms with Crippen molar-refractivity contribution in [1.29, 1.82) is 0 Å². The van der Waals surface area contributed by atoms with E-state index in [0.717, 1.165) is 30.9 Å². The van der Waals surface area contributed by atoms with Crippen molar-refractivity contribution in [1.82, 2.24) is 0 Å². The molecule has 238 valence electrons. The average Bonchev–Trinajstić information content (AvgIpc) is 3.04. The summed E-state index contributed by atoms with van der Waals surface area (Å²) >= 11 is 0. The van der Waals surface area contributed by atoms with Crippen LogP contribution in [0.3, 0.4) is 0 Å². The SMILES string of the molecule is C=CC(=O)OCC(O)COc1ccc(C2(c3ccc(OCC(O)COC(=O)C=C)cc3)C(CC)CC3CC(C)CC2C3)cc1. The first-order valence-electron chi connectivity index (χ1n) is 15.6. The molecule has 2 aliphatic carbocycles. The first-order valence-corrected chi connectivity index (χ1v) is 15.6. The summed E-state index contributed by atoms with van der Waals surface area (Å²) in [5, 5.41) is 20.3. The summed E-state index contributed by atoms with van der Waals surface area (Å²) < 4.78 is 21.5. The Kier molecular flexibility index (Phi) is 11.6. The molecule has 8 heteroatoms. The van der Waals surface area contributed by atoms with E-state index in [1.807, 2.05) is 24.3 Å². The maximum absolute atomic E-state index is 11.3. The minimum atomic E-state index is -0.947. The topological polar surface area (TPSA) is 112 Å². The van der Waals surface area contributed by atoms with Crippen molar-refractivity contribution in [2.75, 3.05) is 26.4 Å². The molecule has 0 spiro atoms. The van der Waals surface area contributed by atoms with Crippen LogP contribution in [-0.2, 0) is 24.5 Å². The van der Waals surface area contributed by atoms with Crippen LogP contribution in [0.25, 0.3) is 0 Å². The largest absolute Gasteiger partial charge is 0.491 e. The number of ether oxygens (including phenoxy) is 4. The molecule has 2 saturated carbocycles. The minimum Gasteiger partial charge on any atom is -0.491 e. The van der Waals surface area contributed by atoms with E-state index in [4.69, 9.17) is 18.9 Å². The normalized spacial score (nSPS) is 25.6. The summed E-state index contributed by atoms with van der Waals surface area (Å²) in [5.41, 5.74) is 2.32. The van der Waals surface area contributed by atoms with Gasteiger partial charge < -0.3 is 29.2 Å². The lowest BCUT2D eigenvalue weighted by Crippen LogP contribution is -2.51. The number of benzene rings is 2. The molecule has 2 N–H and O–H groups in total. The first-order chi connectivity index (χ1) is 21.2. The van der Waals surface area contributed by atoms with Crippen molar-refractivity contribution in [2.24, 2.45) is 23.7 Å². The quantitative estimate of drug-likeness (QED) is 0.205. The monoisotopic (exact) mass is 606 g/mol. The summed E-state index contributed by atoms with van der Waals surface area (Å²) in [7, 11) is 0. The molecule has 0 aromatic heterocycles. The van der Waals surface area contributed by atoms with Crippen LogP contribution in [-0.4, -0.2) is 60.8 Å². The van der Waals surface area contributed by atoms with Gasteiger partial charge in [0.25, 0.3) is 0 Å². The fourth-order valence-corrected chi connectivity index (χ4v) is 7.44. The zero-order valence-electron chi connectivity index (χ0n) is 25.9. The van der Waals surface area contributed by atoms with Gasteiger partial charge >= 0.3 is 11.9 Å². The smallest absolute Gasteiger partial charge is 0.330 e. The van der Waals surface area contributed by atoms with Crippen molar-refractivity contribution in [2.45, 2.75) is 63.6 Å². The van der Waals surface area contributed by atoms with Crippen LogP contribution in [0.2, 0.25) is 0 Å². The van der Waals surface area contributed by atoms with E-state index >= 15 is 0 Å². The van der Waals surface area contributed by atoms with Gasteiger partial charge in [0.15, 0.2) is 0 Å². The Morgan fingerprint density at radius 1 is 0.795 bits per heavy atom. The Morgan fingerprint density at radius 2 is 1.27 bits per heavy atom. The molecule has 4 rings (SSSR count). The molecule has 0 amide bonds. The van der Waals surface area contributed by atoms with Gasteiger partial charge in [-0.05, 0) is 84.7 Å². The highest BCUT2D eigenvalue weighted by molar-refractivity contribution is 5.81. The Labute approximate surface area is 260 Å². The van der Waals surface area contributed by atoms with Crippen molar-refractivity contribution < 1.29 is 38.7 Å². The summed E-state index contributed by atoms with van der Waals surface area (Å²) in [5.74, 6) is 2.45. The third-order valence-corrected chi connectivity index (χ3v) is 9.16. The van der Waals surface area contributed by atoms with Crippen LogP contribution in [0.1, 0.15) is 57.1 Å². The second-order valence-corrected chi connectivity index (χ2v) is 12.2. The van der Waals surface area contributed by atoms with Gasteiger partial charge in [-0.2, -0.15) is 0 Å². The molecule has 0 saturated heterocycles. The third kappa shape index (κ3) is 7.90. The summed E-state index contributed by atoms with van der Waals surface area (Å²) in [4.78, 5) is 22.6. The maximum Gasteiger partial charge on any atom is 0.330 e. The van der Waals surface area contributed by atoms with Crippen molar-refractivity contribution in [3.05, 3.63) is 85.0 Å². The van der Waals surface area contributed by atoms with Crippen LogP contribution in [0, 0.1) is 23.7 Å². The van der Waals surface area contributed by atoms with Gasteiger partial charge in [0.05, 0.1) is 0 Å². The number of rotatable bonds is 15. The molecule has 8 nitrogen and oxygen atoms in total. The molecular weight excluding hydrogens is 560 g/mol. The van der Waals surface area contributed by atoms with Gasteiger partial charge in [0.2, 0.25) is 0 Å². The van der Waals surface area contributed by atoms with Crippen LogP contribution in [0.15, 0.2) is 73.8 Å². The summed E-state index contributed by atoms with van der Waals surface area (Å²) in [6, 6.07) is 16.5. The van der Waals surface area contributed by atoms with Gasteiger partial charge in [0, 0.05) is 17.6 Å². The molecule has 2 bridgehead atoms. The van der Waals surface area contributed by atoms with Crippen molar-refractivity contribution >= 4 is 11.9 Å². The Balaban J connectivity index is 1.55. The molecule has 2 aromatic rings. The number of carbonyl (C=O) groups is 2.